The molecule has 8 aliphatic rings. The van der Waals surface area contributed by atoms with Gasteiger partial charge in [-0.2, -0.15) is 0 Å². The van der Waals surface area contributed by atoms with Gasteiger partial charge in [0.1, 0.15) is 11.5 Å². The van der Waals surface area contributed by atoms with Gasteiger partial charge < -0.3 is 57.6 Å². The van der Waals surface area contributed by atoms with Gasteiger partial charge in [-0.25, -0.2) is 9.59 Å². The Morgan fingerprint density at radius 2 is 1.01 bits per heavy atom. The van der Waals surface area contributed by atoms with E-state index >= 15 is 0 Å². The lowest BCUT2D eigenvalue weighted by Gasteiger charge is -2.40. The molecule has 2 fully saturated rings. The molecule has 8 atom stereocenters. The van der Waals surface area contributed by atoms with E-state index in [0.717, 1.165) is 101 Å². The molecule has 6 aliphatic heterocycles. The van der Waals surface area contributed by atoms with Crippen LogP contribution in [0.25, 0.3) is 0 Å². The van der Waals surface area contributed by atoms with E-state index in [4.69, 9.17) is 47.4 Å². The fraction of sp³-hybridized carbons (Fsp3) is 0.600. The Hall–Kier alpha value is -5.56. The van der Waals surface area contributed by atoms with Crippen molar-refractivity contribution in [1.29, 1.82) is 0 Å². The third-order valence-electron chi connectivity index (χ3n) is 15.9. The maximum atomic E-state index is 14.5. The molecular weight excluding hydrogens is 885 g/mol. The zero-order chi connectivity index (χ0) is 47.6. The molecular formula is C50H60N2O16. The summed E-state index contributed by atoms with van der Waals surface area (Å²) >= 11 is 0. The first kappa shape index (κ1) is 46.2. The van der Waals surface area contributed by atoms with E-state index in [2.05, 4.69) is 9.80 Å². The van der Waals surface area contributed by atoms with Crippen LogP contribution in [0.4, 0.5) is 0 Å². The van der Waals surface area contributed by atoms with Crippen LogP contribution < -0.4 is 18.9 Å². The van der Waals surface area contributed by atoms with Gasteiger partial charge in [0.15, 0.2) is 46.4 Å². The number of esters is 4. The number of hydrogen-bond donors (Lipinski definition) is 2. The molecule has 366 valence electrons. The molecule has 2 aromatic carbocycles. The van der Waals surface area contributed by atoms with Gasteiger partial charge in [-0.15, -0.1) is 0 Å². The van der Waals surface area contributed by atoms with E-state index in [9.17, 15) is 29.4 Å². The number of methoxy groups -OCH3 is 4. The van der Waals surface area contributed by atoms with Gasteiger partial charge in [0.25, 0.3) is 0 Å². The number of benzene rings is 2. The third kappa shape index (κ3) is 7.62. The molecule has 2 saturated heterocycles. The van der Waals surface area contributed by atoms with Crippen LogP contribution >= 0.6 is 0 Å². The van der Waals surface area contributed by atoms with Crippen molar-refractivity contribution in [2.45, 2.75) is 123 Å². The molecule has 0 bridgehead atoms. The van der Waals surface area contributed by atoms with Crippen LogP contribution in [0.15, 0.2) is 47.9 Å². The second kappa shape index (κ2) is 17.8. The Morgan fingerprint density at radius 3 is 1.40 bits per heavy atom. The average Bonchev–Trinajstić information content (AvgIpc) is 4.20. The first-order chi connectivity index (χ1) is 32.8. The lowest BCUT2D eigenvalue weighted by Crippen LogP contribution is -2.49. The average molecular weight is 945 g/mol. The van der Waals surface area contributed by atoms with Crippen LogP contribution in [0, 0.1) is 0 Å². The molecule has 2 spiro atoms. The predicted octanol–water partition coefficient (Wildman–Crippen LogP) is 3.85. The predicted molar refractivity (Wildman–Crippen MR) is 237 cm³/mol. The summed E-state index contributed by atoms with van der Waals surface area (Å²) in [5, 5.41) is 24.4. The number of nitrogens with zero attached hydrogens (tertiary/aromatic N) is 2. The largest absolute Gasteiger partial charge is 0.497 e. The molecule has 2 aromatic rings. The normalized spacial score (nSPS) is 28.9. The third-order valence-corrected chi connectivity index (χ3v) is 15.9. The number of hydrogen-bond acceptors (Lipinski definition) is 18. The topological polar surface area (TPSA) is 208 Å². The quantitative estimate of drug-likeness (QED) is 0.148. The summed E-state index contributed by atoms with van der Waals surface area (Å²) in [5.41, 5.74) is -2.00. The summed E-state index contributed by atoms with van der Waals surface area (Å²) < 4.78 is 57.5. The summed E-state index contributed by atoms with van der Waals surface area (Å²) in [6.45, 7) is 3.36. The fourth-order valence-corrected chi connectivity index (χ4v) is 12.6. The zero-order valence-electron chi connectivity index (χ0n) is 39.0. The van der Waals surface area contributed by atoms with Crippen LogP contribution in [0.2, 0.25) is 0 Å². The zero-order valence-corrected chi connectivity index (χ0v) is 39.0. The molecule has 18 nitrogen and oxygen atoms in total. The minimum absolute atomic E-state index is 0.00163. The van der Waals surface area contributed by atoms with Crippen LogP contribution in [0.5, 0.6) is 23.0 Å². The van der Waals surface area contributed by atoms with E-state index in [1.54, 1.807) is 0 Å². The Kier molecular flexibility index (Phi) is 12.1. The molecule has 0 aromatic heterocycles. The van der Waals surface area contributed by atoms with Gasteiger partial charge in [0.2, 0.25) is 13.6 Å². The number of rotatable bonds is 15. The van der Waals surface area contributed by atoms with Gasteiger partial charge in [-0.05, 0) is 136 Å². The van der Waals surface area contributed by atoms with E-state index in [-0.39, 0.29) is 39.3 Å². The van der Waals surface area contributed by atoms with Crippen molar-refractivity contribution in [3.8, 4) is 23.0 Å². The Balaban J connectivity index is 0.887. The van der Waals surface area contributed by atoms with E-state index in [0.29, 0.717) is 34.5 Å². The van der Waals surface area contributed by atoms with E-state index in [1.807, 2.05) is 36.4 Å². The van der Waals surface area contributed by atoms with Crippen LogP contribution in [0.1, 0.15) is 98.3 Å². The monoisotopic (exact) mass is 944 g/mol. The number of ether oxygens (including phenoxy) is 10. The molecule has 68 heavy (non-hydrogen) atoms. The first-order valence-electron chi connectivity index (χ1n) is 23.7. The molecule has 10 rings (SSSR count). The highest BCUT2D eigenvalue weighted by molar-refractivity contribution is 5.87. The maximum absolute atomic E-state index is 14.5. The number of unbranched alkanes of at least 4 members (excludes halogenated alkanes) is 1. The first-order valence-corrected chi connectivity index (χ1v) is 23.7. The second-order valence-electron chi connectivity index (χ2n) is 19.4. The number of carbonyl (C=O) groups excluding carboxylic acids is 4. The van der Waals surface area contributed by atoms with Gasteiger partial charge >= 0.3 is 23.9 Å². The van der Waals surface area contributed by atoms with Crippen molar-refractivity contribution in [1.82, 2.24) is 9.80 Å². The van der Waals surface area contributed by atoms with Crippen LogP contribution in [-0.4, -0.2) is 147 Å². The summed E-state index contributed by atoms with van der Waals surface area (Å²) in [5.74, 6) is -1.38. The summed E-state index contributed by atoms with van der Waals surface area (Å²) in [6.07, 6.45) is 4.84. The summed E-state index contributed by atoms with van der Waals surface area (Å²) in [7, 11) is 5.34. The summed E-state index contributed by atoms with van der Waals surface area (Å²) in [6, 6.07) is 7.86. The fourth-order valence-electron chi connectivity index (χ4n) is 12.6. The minimum Gasteiger partial charge on any atom is -0.497 e. The lowest BCUT2D eigenvalue weighted by atomic mass is 9.77. The van der Waals surface area contributed by atoms with E-state index < -0.39 is 83.0 Å². The van der Waals surface area contributed by atoms with Gasteiger partial charge in [0.05, 0.1) is 64.2 Å². The molecule has 2 aliphatic carbocycles. The molecule has 0 radical (unpaired) electrons. The molecule has 6 heterocycles. The van der Waals surface area contributed by atoms with Crippen LogP contribution in [0.3, 0.4) is 0 Å². The minimum atomic E-state index is -2.40. The van der Waals surface area contributed by atoms with E-state index in [1.165, 1.54) is 14.2 Å². The maximum Gasteiger partial charge on any atom is 0.339 e. The molecule has 0 amide bonds. The molecule has 0 saturated carbocycles. The van der Waals surface area contributed by atoms with Crippen molar-refractivity contribution >= 4 is 23.9 Å². The van der Waals surface area contributed by atoms with Crippen molar-refractivity contribution in [2.24, 2.45) is 0 Å². The number of fused-ring (bicyclic) bond motifs is 6. The lowest BCUT2D eigenvalue weighted by molar-refractivity contribution is -0.180. The van der Waals surface area contributed by atoms with Crippen molar-refractivity contribution in [3.05, 3.63) is 70.2 Å². The SMILES string of the molecule is COC(=O)C[C@](O)(CCCC[C@@](O)(CC(=O)OC)C(=O)O[C@@H]1C(OC)=C[C@]23CCCN2CCc2cc4c(cc2[C@H]13)OCO4)C(=O)O[C@@H]1C(OC)=C[C@]23CCCN2CCc2cc4c(cc2[C@H]13)OCO4. The standard InChI is InChI=1S/C50H60N2O16/c1-59-37-23-47-11-7-15-51(47)17-9-29-19-33-35(65-27-63-33)21-31(29)41(47)43(37)67-45(55)49(57,25-39(53)61-3)13-5-6-14-50(58,26-40(54)62-4)46(56)68-44-38(60-2)24-48-12-8-16-52(48)18-10-30-20-34-36(66-28-64-34)22-32(30)42(44)48/h19-24,41-44,57-58H,5-18,25-28H2,1-4H3/t41-,42-,43-,44-,47+,48+,49-,50-/m1/s1. The molecule has 18 heteroatoms. The van der Waals surface area contributed by atoms with Crippen molar-refractivity contribution in [3.63, 3.8) is 0 Å². The smallest absolute Gasteiger partial charge is 0.339 e. The highest BCUT2D eigenvalue weighted by Gasteiger charge is 2.61. The second-order valence-corrected chi connectivity index (χ2v) is 19.4. The van der Waals surface area contributed by atoms with Gasteiger partial charge in [-0.1, -0.05) is 0 Å². The highest BCUT2D eigenvalue weighted by Crippen LogP contribution is 2.58. The molecule has 2 N–H and O–H groups in total. The van der Waals surface area contributed by atoms with Crippen molar-refractivity contribution < 1.29 is 76.8 Å². The van der Waals surface area contributed by atoms with Crippen LogP contribution in [-0.2, 0) is 60.4 Å². The Labute approximate surface area is 394 Å². The highest BCUT2D eigenvalue weighted by atomic mass is 16.7. The number of aliphatic hydroxyl groups is 2. The Bertz CT molecular complexity index is 2270. The van der Waals surface area contributed by atoms with Gasteiger partial charge in [0, 0.05) is 13.1 Å². The van der Waals surface area contributed by atoms with Crippen molar-refractivity contribution in [2.75, 3.05) is 68.2 Å². The van der Waals surface area contributed by atoms with Gasteiger partial charge in [-0.3, -0.25) is 19.4 Å². The molecule has 0 unspecified atom stereocenters. The number of carbonyl (C=O) groups is 4. The Morgan fingerprint density at radius 1 is 0.618 bits per heavy atom. The summed E-state index contributed by atoms with van der Waals surface area (Å²) in [4.78, 5) is 59.7.